The van der Waals surface area contributed by atoms with Gasteiger partial charge in [-0.15, -0.1) is 0 Å². The summed E-state index contributed by atoms with van der Waals surface area (Å²) in [4.78, 5) is 0. The van der Waals surface area contributed by atoms with E-state index in [2.05, 4.69) is 0 Å². The van der Waals surface area contributed by atoms with E-state index in [1.807, 2.05) is 25.1 Å². The van der Waals surface area contributed by atoms with Crippen LogP contribution in [0, 0.1) is 17.1 Å². The van der Waals surface area contributed by atoms with Gasteiger partial charge in [0.1, 0.15) is 5.75 Å². The van der Waals surface area contributed by atoms with Crippen molar-refractivity contribution in [3.63, 3.8) is 0 Å². The molecule has 2 N–H and O–H groups in total. The summed E-state index contributed by atoms with van der Waals surface area (Å²) in [5, 5.41) is 8.68. The summed E-state index contributed by atoms with van der Waals surface area (Å²) in [7, 11) is 0. The molecule has 0 fully saturated rings. The molecule has 4 heteroatoms. The number of nitrogens with two attached hydrogens (primary N) is 1. The lowest BCUT2D eigenvalue weighted by Crippen LogP contribution is -2.08. The number of halogens is 1. The van der Waals surface area contributed by atoms with E-state index in [0.29, 0.717) is 5.75 Å². The summed E-state index contributed by atoms with van der Waals surface area (Å²) >= 11 is 0. The molecule has 0 heterocycles. The van der Waals surface area contributed by atoms with E-state index in [0.717, 1.165) is 18.1 Å². The van der Waals surface area contributed by atoms with Gasteiger partial charge in [-0.2, -0.15) is 5.26 Å². The molecule has 0 saturated carbocycles. The quantitative estimate of drug-likeness (QED) is 0.916. The molecular formula is C16H15FN2O. The molecule has 0 aliphatic heterocycles. The van der Waals surface area contributed by atoms with E-state index in [9.17, 15) is 4.39 Å². The van der Waals surface area contributed by atoms with Gasteiger partial charge in [0.15, 0.2) is 11.6 Å². The number of rotatable bonds is 4. The highest BCUT2D eigenvalue weighted by Gasteiger charge is 2.07. The van der Waals surface area contributed by atoms with Crippen LogP contribution in [0.5, 0.6) is 11.5 Å². The summed E-state index contributed by atoms with van der Waals surface area (Å²) < 4.78 is 19.1. The first kappa shape index (κ1) is 14.0. The van der Waals surface area contributed by atoms with Crippen LogP contribution in [0.3, 0.4) is 0 Å². The van der Waals surface area contributed by atoms with Crippen LogP contribution in [0.15, 0.2) is 42.5 Å². The van der Waals surface area contributed by atoms with Crippen molar-refractivity contribution in [2.75, 3.05) is 0 Å². The zero-order chi connectivity index (χ0) is 14.5. The zero-order valence-corrected chi connectivity index (χ0v) is 11.1. The fourth-order valence-electron chi connectivity index (χ4n) is 1.80. The lowest BCUT2D eigenvalue weighted by molar-refractivity contribution is 0.442. The van der Waals surface area contributed by atoms with Crippen molar-refractivity contribution in [1.29, 1.82) is 5.26 Å². The first-order chi connectivity index (χ1) is 9.63. The first-order valence-electron chi connectivity index (χ1n) is 6.37. The Labute approximate surface area is 117 Å². The molecule has 0 amide bonds. The molecule has 0 aromatic heterocycles. The summed E-state index contributed by atoms with van der Waals surface area (Å²) in [6.45, 7) is 2.02. The third-order valence-electron chi connectivity index (χ3n) is 3.04. The average Bonchev–Trinajstić information content (AvgIpc) is 2.49. The van der Waals surface area contributed by atoms with Gasteiger partial charge in [0.25, 0.3) is 0 Å². The monoisotopic (exact) mass is 270 g/mol. The molecule has 102 valence electrons. The maximum atomic E-state index is 13.7. The minimum Gasteiger partial charge on any atom is -0.454 e. The Morgan fingerprint density at radius 3 is 2.50 bits per heavy atom. The molecule has 2 rings (SSSR count). The Kier molecular flexibility index (Phi) is 4.34. The number of ether oxygens (including phenoxy) is 1. The second-order valence-corrected chi connectivity index (χ2v) is 4.44. The van der Waals surface area contributed by atoms with Crippen LogP contribution in [0.4, 0.5) is 4.39 Å². The van der Waals surface area contributed by atoms with Gasteiger partial charge in [0.05, 0.1) is 11.6 Å². The van der Waals surface area contributed by atoms with E-state index >= 15 is 0 Å². The molecule has 0 aliphatic rings. The third-order valence-corrected chi connectivity index (χ3v) is 3.04. The van der Waals surface area contributed by atoms with Gasteiger partial charge in [-0.05, 0) is 42.3 Å². The molecule has 0 aliphatic carbocycles. The minimum atomic E-state index is -0.557. The number of nitriles is 1. The van der Waals surface area contributed by atoms with Crippen LogP contribution in [0.25, 0.3) is 0 Å². The topological polar surface area (TPSA) is 59.0 Å². The summed E-state index contributed by atoms with van der Waals surface area (Å²) in [5.74, 6) is 0.0654. The molecule has 1 atom stereocenters. The van der Waals surface area contributed by atoms with Crippen LogP contribution in [0.1, 0.15) is 30.5 Å². The van der Waals surface area contributed by atoms with E-state index < -0.39 is 5.82 Å². The summed E-state index contributed by atoms with van der Waals surface area (Å²) in [6.07, 6.45) is 0.852. The lowest BCUT2D eigenvalue weighted by Gasteiger charge is -2.11. The third kappa shape index (κ3) is 3.14. The van der Waals surface area contributed by atoms with Gasteiger partial charge < -0.3 is 10.5 Å². The number of benzene rings is 2. The smallest absolute Gasteiger partial charge is 0.167 e. The molecule has 0 radical (unpaired) electrons. The molecule has 2 aromatic carbocycles. The van der Waals surface area contributed by atoms with Crippen LogP contribution >= 0.6 is 0 Å². The molecule has 2 aromatic rings. The van der Waals surface area contributed by atoms with Gasteiger partial charge in [-0.25, -0.2) is 4.39 Å². The molecule has 3 nitrogen and oxygen atoms in total. The number of nitrogens with zero attached hydrogens (tertiary/aromatic N) is 1. The zero-order valence-electron chi connectivity index (χ0n) is 11.1. The fraction of sp³-hybridized carbons (Fsp3) is 0.188. The molecule has 0 bridgehead atoms. The van der Waals surface area contributed by atoms with Crippen molar-refractivity contribution in [1.82, 2.24) is 0 Å². The standard InChI is InChI=1S/C16H15FN2O/c1-2-15(19)12-4-6-13(7-5-12)20-16-8-3-11(10-18)9-14(16)17/h3-9,15H,2,19H2,1H3/t15-/m0/s1. The highest BCUT2D eigenvalue weighted by Crippen LogP contribution is 2.26. The van der Waals surface area contributed by atoms with Crippen molar-refractivity contribution in [3.05, 3.63) is 59.4 Å². The Balaban J connectivity index is 2.16. The van der Waals surface area contributed by atoms with E-state index in [1.54, 1.807) is 12.1 Å². The van der Waals surface area contributed by atoms with Gasteiger partial charge in [0, 0.05) is 6.04 Å². The second-order valence-electron chi connectivity index (χ2n) is 4.44. The summed E-state index contributed by atoms with van der Waals surface area (Å²) in [6, 6.07) is 13.2. The van der Waals surface area contributed by atoms with Gasteiger partial charge in [-0.1, -0.05) is 19.1 Å². The van der Waals surface area contributed by atoms with Crippen molar-refractivity contribution in [3.8, 4) is 17.6 Å². The maximum Gasteiger partial charge on any atom is 0.167 e. The second kappa shape index (κ2) is 6.18. The normalized spacial score (nSPS) is 11.7. The number of hydrogen-bond acceptors (Lipinski definition) is 3. The van der Waals surface area contributed by atoms with Crippen molar-refractivity contribution < 1.29 is 9.13 Å². The van der Waals surface area contributed by atoms with Crippen LogP contribution in [-0.4, -0.2) is 0 Å². The SMILES string of the molecule is CC[C@H](N)c1ccc(Oc2ccc(C#N)cc2F)cc1. The van der Waals surface area contributed by atoms with Gasteiger partial charge in [0.2, 0.25) is 0 Å². The Bertz CT molecular complexity index is 632. The molecular weight excluding hydrogens is 255 g/mol. The van der Waals surface area contributed by atoms with Crippen LogP contribution < -0.4 is 10.5 Å². The maximum absolute atomic E-state index is 13.7. The molecule has 0 spiro atoms. The molecule has 0 unspecified atom stereocenters. The largest absolute Gasteiger partial charge is 0.454 e. The minimum absolute atomic E-state index is 0.00398. The van der Waals surface area contributed by atoms with Crippen molar-refractivity contribution in [2.45, 2.75) is 19.4 Å². The predicted octanol–water partition coefficient (Wildman–Crippen LogP) is 3.90. The first-order valence-corrected chi connectivity index (χ1v) is 6.37. The average molecular weight is 270 g/mol. The van der Waals surface area contributed by atoms with Gasteiger partial charge >= 0.3 is 0 Å². The van der Waals surface area contributed by atoms with E-state index in [1.165, 1.54) is 12.1 Å². The van der Waals surface area contributed by atoms with Crippen LogP contribution in [0.2, 0.25) is 0 Å². The number of hydrogen-bond donors (Lipinski definition) is 1. The lowest BCUT2D eigenvalue weighted by atomic mass is 10.1. The van der Waals surface area contributed by atoms with Crippen molar-refractivity contribution >= 4 is 0 Å². The van der Waals surface area contributed by atoms with E-state index in [-0.39, 0.29) is 17.4 Å². The Morgan fingerprint density at radius 1 is 1.25 bits per heavy atom. The van der Waals surface area contributed by atoms with Crippen LogP contribution in [-0.2, 0) is 0 Å². The van der Waals surface area contributed by atoms with E-state index in [4.69, 9.17) is 15.7 Å². The fourth-order valence-corrected chi connectivity index (χ4v) is 1.80. The Hall–Kier alpha value is -2.38. The van der Waals surface area contributed by atoms with Gasteiger partial charge in [-0.3, -0.25) is 0 Å². The molecule has 20 heavy (non-hydrogen) atoms. The highest BCUT2D eigenvalue weighted by atomic mass is 19.1. The molecule has 0 saturated heterocycles. The predicted molar refractivity (Wildman–Crippen MR) is 74.9 cm³/mol. The Morgan fingerprint density at radius 2 is 1.95 bits per heavy atom. The summed E-state index contributed by atoms with van der Waals surface area (Å²) in [5.41, 5.74) is 7.20. The highest BCUT2D eigenvalue weighted by molar-refractivity contribution is 5.39. The van der Waals surface area contributed by atoms with Crippen molar-refractivity contribution in [2.24, 2.45) is 5.73 Å².